The molecule has 0 aliphatic carbocycles. The summed E-state index contributed by atoms with van der Waals surface area (Å²) in [4.78, 5) is 18.2. The maximum absolute atomic E-state index is 12.5. The predicted molar refractivity (Wildman–Crippen MR) is 125 cm³/mol. The lowest BCUT2D eigenvalue weighted by Crippen LogP contribution is -2.26. The molecule has 2 heterocycles. The summed E-state index contributed by atoms with van der Waals surface area (Å²) in [5, 5.41) is 7.08. The van der Waals surface area contributed by atoms with Crippen LogP contribution in [0.2, 0.25) is 0 Å². The van der Waals surface area contributed by atoms with Crippen molar-refractivity contribution in [1.82, 2.24) is 9.71 Å². The minimum absolute atomic E-state index is 0.121. The molecule has 0 atom stereocenters. The number of thiophene rings is 1. The van der Waals surface area contributed by atoms with E-state index in [1.54, 1.807) is 11.3 Å². The molecule has 31 heavy (non-hydrogen) atoms. The van der Waals surface area contributed by atoms with Crippen molar-refractivity contribution in [3.8, 4) is 11.3 Å². The number of aromatic nitrogens is 1. The number of sulfonamides is 1. The Kier molecular flexibility index (Phi) is 6.57. The fraction of sp³-hybridized carbons (Fsp3) is 0.0909. The van der Waals surface area contributed by atoms with Crippen molar-refractivity contribution >= 4 is 43.7 Å². The van der Waals surface area contributed by atoms with E-state index < -0.39 is 10.0 Å². The van der Waals surface area contributed by atoms with Crippen LogP contribution in [-0.4, -0.2) is 25.9 Å². The van der Waals surface area contributed by atoms with Crippen molar-refractivity contribution in [3.05, 3.63) is 87.9 Å². The minimum atomic E-state index is -3.63. The largest absolute Gasteiger partial charge is 0.298 e. The molecule has 0 saturated carbocycles. The van der Waals surface area contributed by atoms with Crippen LogP contribution in [0, 0.1) is 0 Å². The number of thiazole rings is 1. The van der Waals surface area contributed by atoms with Gasteiger partial charge in [-0.15, -0.1) is 22.7 Å². The number of carbonyl (C=O) groups excluding carboxylic acids is 1. The van der Waals surface area contributed by atoms with Gasteiger partial charge in [-0.1, -0.05) is 36.4 Å². The molecule has 0 bridgehead atoms. The first-order chi connectivity index (χ1) is 15.0. The molecule has 0 spiro atoms. The summed E-state index contributed by atoms with van der Waals surface area (Å²) in [5.74, 6) is -0.344. The average Bonchev–Trinajstić information content (AvgIpc) is 3.47. The highest BCUT2D eigenvalue weighted by molar-refractivity contribution is 7.89. The number of nitrogens with zero attached hydrogens (tertiary/aromatic N) is 1. The molecule has 158 valence electrons. The van der Waals surface area contributed by atoms with E-state index in [1.165, 1.54) is 35.6 Å². The van der Waals surface area contributed by atoms with Gasteiger partial charge in [-0.3, -0.25) is 10.1 Å². The maximum Gasteiger partial charge on any atom is 0.257 e. The van der Waals surface area contributed by atoms with Crippen LogP contribution in [0.25, 0.3) is 11.3 Å². The van der Waals surface area contributed by atoms with E-state index in [1.807, 2.05) is 53.2 Å². The molecular weight excluding hydrogens is 450 g/mol. The smallest absolute Gasteiger partial charge is 0.257 e. The Morgan fingerprint density at radius 1 is 0.935 bits per heavy atom. The van der Waals surface area contributed by atoms with Crippen LogP contribution >= 0.6 is 22.7 Å². The van der Waals surface area contributed by atoms with E-state index in [0.29, 0.717) is 23.7 Å². The molecule has 0 saturated heterocycles. The zero-order valence-electron chi connectivity index (χ0n) is 16.3. The molecule has 0 aliphatic rings. The van der Waals surface area contributed by atoms with Gasteiger partial charge in [-0.05, 0) is 42.1 Å². The van der Waals surface area contributed by atoms with Crippen molar-refractivity contribution < 1.29 is 13.2 Å². The molecule has 4 rings (SSSR count). The summed E-state index contributed by atoms with van der Waals surface area (Å²) in [6, 6.07) is 19.5. The van der Waals surface area contributed by atoms with Crippen LogP contribution in [0.4, 0.5) is 5.13 Å². The molecule has 2 aromatic carbocycles. The number of benzene rings is 2. The quantitative estimate of drug-likeness (QED) is 0.393. The van der Waals surface area contributed by atoms with Crippen LogP contribution in [0.15, 0.2) is 82.4 Å². The molecular formula is C22H19N3O3S3. The zero-order valence-corrected chi connectivity index (χ0v) is 18.8. The van der Waals surface area contributed by atoms with Crippen LogP contribution in [0.3, 0.4) is 0 Å². The highest BCUT2D eigenvalue weighted by atomic mass is 32.2. The summed E-state index contributed by atoms with van der Waals surface area (Å²) in [6.45, 7) is 0.318. The third-order valence-corrected chi connectivity index (χ3v) is 7.64. The van der Waals surface area contributed by atoms with Gasteiger partial charge in [0.05, 0.1) is 10.6 Å². The second kappa shape index (κ2) is 9.52. The molecule has 1 amide bonds. The summed E-state index contributed by atoms with van der Waals surface area (Å²) in [7, 11) is -3.63. The first-order valence-corrected chi connectivity index (χ1v) is 12.7. The van der Waals surface area contributed by atoms with Crippen LogP contribution < -0.4 is 10.0 Å². The summed E-state index contributed by atoms with van der Waals surface area (Å²) >= 11 is 2.93. The maximum atomic E-state index is 12.5. The molecule has 2 aromatic heterocycles. The van der Waals surface area contributed by atoms with Crippen LogP contribution in [-0.2, 0) is 16.4 Å². The van der Waals surface area contributed by atoms with E-state index >= 15 is 0 Å². The second-order valence-corrected chi connectivity index (χ2v) is 10.3. The van der Waals surface area contributed by atoms with E-state index in [0.717, 1.165) is 16.1 Å². The lowest BCUT2D eigenvalue weighted by Gasteiger charge is -2.07. The third-order valence-electron chi connectivity index (χ3n) is 4.46. The number of carbonyl (C=O) groups is 1. The van der Waals surface area contributed by atoms with Gasteiger partial charge in [0.15, 0.2) is 5.13 Å². The average molecular weight is 470 g/mol. The van der Waals surface area contributed by atoms with Gasteiger partial charge in [0.25, 0.3) is 5.91 Å². The lowest BCUT2D eigenvalue weighted by molar-refractivity contribution is 0.102. The molecule has 4 aromatic rings. The minimum Gasteiger partial charge on any atom is -0.298 e. The molecule has 0 aliphatic heterocycles. The van der Waals surface area contributed by atoms with E-state index in [-0.39, 0.29) is 10.8 Å². The third kappa shape index (κ3) is 5.45. The van der Waals surface area contributed by atoms with Gasteiger partial charge in [0.1, 0.15) is 0 Å². The van der Waals surface area contributed by atoms with Crippen molar-refractivity contribution in [2.75, 3.05) is 11.9 Å². The SMILES string of the molecule is O=C(Nc1nc(-c2ccccc2)cs1)c1ccc(S(=O)(=O)NCCc2cccs2)cc1. The van der Waals surface area contributed by atoms with Crippen molar-refractivity contribution in [2.24, 2.45) is 0 Å². The van der Waals surface area contributed by atoms with Gasteiger partial charge >= 0.3 is 0 Å². The van der Waals surface area contributed by atoms with Crippen molar-refractivity contribution in [2.45, 2.75) is 11.3 Å². The first kappa shape index (κ1) is 21.4. The number of amides is 1. The van der Waals surface area contributed by atoms with Gasteiger partial charge < -0.3 is 0 Å². The van der Waals surface area contributed by atoms with Crippen LogP contribution in [0.5, 0.6) is 0 Å². The lowest BCUT2D eigenvalue weighted by atomic mass is 10.2. The summed E-state index contributed by atoms with van der Waals surface area (Å²) in [5.41, 5.74) is 2.12. The van der Waals surface area contributed by atoms with Gasteiger partial charge in [-0.2, -0.15) is 0 Å². The zero-order chi connectivity index (χ0) is 21.7. The molecule has 0 unspecified atom stereocenters. The Hall–Kier alpha value is -2.85. The number of nitrogens with one attached hydrogen (secondary N) is 2. The monoisotopic (exact) mass is 469 g/mol. The van der Waals surface area contributed by atoms with Gasteiger partial charge in [0, 0.05) is 27.9 Å². The first-order valence-electron chi connectivity index (χ1n) is 9.46. The van der Waals surface area contributed by atoms with Crippen LogP contribution in [0.1, 0.15) is 15.2 Å². The summed E-state index contributed by atoms with van der Waals surface area (Å²) in [6.07, 6.45) is 0.635. The second-order valence-electron chi connectivity index (χ2n) is 6.61. The van der Waals surface area contributed by atoms with E-state index in [4.69, 9.17) is 0 Å². The number of hydrogen-bond donors (Lipinski definition) is 2. The predicted octanol–water partition coefficient (Wildman–Crippen LogP) is 4.64. The Bertz CT molecular complexity index is 1250. The number of hydrogen-bond acceptors (Lipinski definition) is 6. The van der Waals surface area contributed by atoms with E-state index in [9.17, 15) is 13.2 Å². The van der Waals surface area contributed by atoms with Crippen molar-refractivity contribution in [3.63, 3.8) is 0 Å². The fourth-order valence-electron chi connectivity index (χ4n) is 2.87. The highest BCUT2D eigenvalue weighted by Gasteiger charge is 2.15. The molecule has 9 heteroatoms. The van der Waals surface area contributed by atoms with Crippen molar-refractivity contribution in [1.29, 1.82) is 0 Å². The molecule has 0 fully saturated rings. The standard InChI is InChI=1S/C22H19N3O3S3/c26-21(25-22-24-20(15-30-22)16-5-2-1-3-6-16)17-8-10-19(11-9-17)31(27,28)23-13-12-18-7-4-14-29-18/h1-11,14-15,23H,12-13H2,(H,24,25,26). The molecule has 2 N–H and O–H groups in total. The number of rotatable bonds is 8. The Morgan fingerprint density at radius 2 is 1.71 bits per heavy atom. The number of anilines is 1. The van der Waals surface area contributed by atoms with Gasteiger partial charge in [0.2, 0.25) is 10.0 Å². The Labute approximate surface area is 188 Å². The summed E-state index contributed by atoms with van der Waals surface area (Å²) < 4.78 is 27.5. The Balaban J connectivity index is 1.37. The normalized spacial score (nSPS) is 11.4. The Morgan fingerprint density at radius 3 is 2.42 bits per heavy atom. The topological polar surface area (TPSA) is 88.2 Å². The molecule has 0 radical (unpaired) electrons. The fourth-order valence-corrected chi connectivity index (χ4v) is 5.33. The molecule has 6 nitrogen and oxygen atoms in total. The van der Waals surface area contributed by atoms with Gasteiger partial charge in [-0.25, -0.2) is 18.1 Å². The highest BCUT2D eigenvalue weighted by Crippen LogP contribution is 2.25. The van der Waals surface area contributed by atoms with E-state index in [2.05, 4.69) is 15.0 Å².